The number of aromatic amines is 1. The third kappa shape index (κ3) is 3.30. The summed E-state index contributed by atoms with van der Waals surface area (Å²) in [6.45, 7) is 1.57. The molecule has 1 amide bonds. The number of likely N-dealkylation sites (tertiary alicyclic amines) is 1. The number of hydrogen-bond donors (Lipinski definition) is 2. The molecule has 6 heteroatoms. The molecule has 0 radical (unpaired) electrons. The van der Waals surface area contributed by atoms with Crippen LogP contribution in [0.3, 0.4) is 0 Å². The third-order valence-corrected chi connectivity index (χ3v) is 6.06. The fourth-order valence-corrected chi connectivity index (χ4v) is 4.50. The van der Waals surface area contributed by atoms with Crippen molar-refractivity contribution in [1.82, 2.24) is 15.1 Å². The Morgan fingerprint density at radius 2 is 2.12 bits per heavy atom. The largest absolute Gasteiger partial charge is 0.392 e. The smallest absolute Gasteiger partial charge is 0.254 e. The Balaban J connectivity index is 1.42. The lowest BCUT2D eigenvalue weighted by Gasteiger charge is -2.32. The molecular formula is C20H21N3O2S. The number of thiophene rings is 1. The van der Waals surface area contributed by atoms with Gasteiger partial charge in [0.2, 0.25) is 0 Å². The van der Waals surface area contributed by atoms with Gasteiger partial charge in [0, 0.05) is 35.1 Å². The van der Waals surface area contributed by atoms with Gasteiger partial charge in [0.1, 0.15) is 0 Å². The molecule has 1 fully saturated rings. The van der Waals surface area contributed by atoms with Crippen molar-refractivity contribution >= 4 is 17.2 Å². The first kappa shape index (κ1) is 17.0. The average molecular weight is 367 g/mol. The Morgan fingerprint density at radius 3 is 2.85 bits per heavy atom. The number of H-pyrrole nitrogens is 1. The van der Waals surface area contributed by atoms with Crippen LogP contribution in [-0.2, 0) is 6.61 Å². The SMILES string of the molecule is O=C(c1csc(-c2cn[nH]c2)c1)N1CCC(c2ccccc2CO)CC1. The summed E-state index contributed by atoms with van der Waals surface area (Å²) in [6, 6.07) is 10.0. The van der Waals surface area contributed by atoms with Gasteiger partial charge in [0.05, 0.1) is 18.4 Å². The predicted octanol–water partition coefficient (Wildman–Crippen LogP) is 3.65. The summed E-state index contributed by atoms with van der Waals surface area (Å²) in [5.74, 6) is 0.510. The number of aliphatic hydroxyl groups is 1. The number of amides is 1. The van der Waals surface area contributed by atoms with Crippen molar-refractivity contribution in [2.45, 2.75) is 25.4 Å². The normalized spacial score (nSPS) is 15.3. The molecule has 0 aliphatic carbocycles. The van der Waals surface area contributed by atoms with Crippen molar-refractivity contribution in [3.8, 4) is 10.4 Å². The van der Waals surface area contributed by atoms with Gasteiger partial charge in [-0.05, 0) is 36.0 Å². The Labute approximate surface area is 156 Å². The molecule has 4 rings (SSSR count). The summed E-state index contributed by atoms with van der Waals surface area (Å²) in [4.78, 5) is 15.8. The van der Waals surface area contributed by atoms with E-state index >= 15 is 0 Å². The van der Waals surface area contributed by atoms with Crippen molar-refractivity contribution in [2.24, 2.45) is 0 Å². The lowest BCUT2D eigenvalue weighted by molar-refractivity contribution is 0.0713. The van der Waals surface area contributed by atoms with E-state index in [4.69, 9.17) is 0 Å². The Bertz CT molecular complexity index is 880. The minimum absolute atomic E-state index is 0.0704. The minimum atomic E-state index is 0.0704. The van der Waals surface area contributed by atoms with Gasteiger partial charge >= 0.3 is 0 Å². The van der Waals surface area contributed by atoms with Gasteiger partial charge in [-0.1, -0.05) is 24.3 Å². The molecule has 3 aromatic rings. The first-order chi connectivity index (χ1) is 12.8. The van der Waals surface area contributed by atoms with Crippen LogP contribution in [0.5, 0.6) is 0 Å². The molecule has 0 saturated carbocycles. The molecule has 0 unspecified atom stereocenters. The number of aromatic nitrogens is 2. The topological polar surface area (TPSA) is 69.2 Å². The monoisotopic (exact) mass is 367 g/mol. The van der Waals surface area contributed by atoms with Crippen LogP contribution < -0.4 is 0 Å². The lowest BCUT2D eigenvalue weighted by Crippen LogP contribution is -2.37. The van der Waals surface area contributed by atoms with Crippen LogP contribution in [0.1, 0.15) is 40.2 Å². The van der Waals surface area contributed by atoms with E-state index in [0.29, 0.717) is 5.92 Å². The summed E-state index contributed by atoms with van der Waals surface area (Å²) in [6.07, 6.45) is 5.47. The number of nitrogens with zero attached hydrogens (tertiary/aromatic N) is 2. The van der Waals surface area contributed by atoms with E-state index in [1.54, 1.807) is 17.5 Å². The summed E-state index contributed by atoms with van der Waals surface area (Å²) in [7, 11) is 0. The number of benzene rings is 1. The third-order valence-electron chi connectivity index (χ3n) is 5.08. The van der Waals surface area contributed by atoms with E-state index in [1.165, 1.54) is 5.56 Å². The Hall–Kier alpha value is -2.44. The highest BCUT2D eigenvalue weighted by Crippen LogP contribution is 2.32. The van der Waals surface area contributed by atoms with Crippen LogP contribution in [-0.4, -0.2) is 39.2 Å². The minimum Gasteiger partial charge on any atom is -0.392 e. The second kappa shape index (κ2) is 7.43. The van der Waals surface area contributed by atoms with Crippen LogP contribution in [0, 0.1) is 0 Å². The number of carbonyl (C=O) groups is 1. The van der Waals surface area contributed by atoms with Crippen LogP contribution in [0.15, 0.2) is 48.1 Å². The number of rotatable bonds is 4. The Kier molecular flexibility index (Phi) is 4.86. The molecule has 0 bridgehead atoms. The summed E-state index contributed by atoms with van der Waals surface area (Å²) in [5.41, 5.74) is 3.98. The highest BCUT2D eigenvalue weighted by molar-refractivity contribution is 7.13. The summed E-state index contributed by atoms with van der Waals surface area (Å²) in [5, 5.41) is 18.2. The molecular weight excluding hydrogens is 346 g/mol. The predicted molar refractivity (Wildman–Crippen MR) is 102 cm³/mol. The zero-order chi connectivity index (χ0) is 17.9. The molecule has 1 aromatic carbocycles. The maximum Gasteiger partial charge on any atom is 0.254 e. The van der Waals surface area contributed by atoms with Gasteiger partial charge < -0.3 is 10.0 Å². The number of piperidine rings is 1. The number of carbonyl (C=O) groups excluding carboxylic acids is 1. The van der Waals surface area contributed by atoms with Crippen LogP contribution in [0.2, 0.25) is 0 Å². The van der Waals surface area contributed by atoms with E-state index in [9.17, 15) is 9.90 Å². The van der Waals surface area contributed by atoms with Crippen molar-refractivity contribution in [2.75, 3.05) is 13.1 Å². The molecule has 0 spiro atoms. The molecule has 26 heavy (non-hydrogen) atoms. The van der Waals surface area contributed by atoms with E-state index in [-0.39, 0.29) is 12.5 Å². The van der Waals surface area contributed by atoms with Crippen molar-refractivity contribution in [3.05, 3.63) is 64.8 Å². The zero-order valence-corrected chi connectivity index (χ0v) is 15.2. The molecule has 5 nitrogen and oxygen atoms in total. The standard InChI is InChI=1S/C20H21N3O2S/c24-12-15-3-1-2-4-18(15)14-5-7-23(8-6-14)20(25)16-9-19(26-13-16)17-10-21-22-11-17/h1-4,9-11,13-14,24H,5-8,12H2,(H,21,22). The second-order valence-electron chi connectivity index (χ2n) is 6.61. The van der Waals surface area contributed by atoms with Crippen LogP contribution in [0.4, 0.5) is 0 Å². The maximum absolute atomic E-state index is 12.8. The summed E-state index contributed by atoms with van der Waals surface area (Å²) < 4.78 is 0. The van der Waals surface area contributed by atoms with Crippen LogP contribution in [0.25, 0.3) is 10.4 Å². The molecule has 2 N–H and O–H groups in total. The number of hydrogen-bond acceptors (Lipinski definition) is 4. The Morgan fingerprint density at radius 1 is 1.31 bits per heavy atom. The maximum atomic E-state index is 12.8. The zero-order valence-electron chi connectivity index (χ0n) is 14.4. The summed E-state index contributed by atoms with van der Waals surface area (Å²) >= 11 is 1.57. The highest BCUT2D eigenvalue weighted by Gasteiger charge is 2.26. The van der Waals surface area contributed by atoms with Gasteiger partial charge in [0.15, 0.2) is 0 Å². The van der Waals surface area contributed by atoms with E-state index in [1.807, 2.05) is 40.7 Å². The van der Waals surface area contributed by atoms with Crippen molar-refractivity contribution < 1.29 is 9.90 Å². The van der Waals surface area contributed by atoms with Gasteiger partial charge in [-0.2, -0.15) is 5.10 Å². The molecule has 0 atom stereocenters. The molecule has 134 valence electrons. The van der Waals surface area contributed by atoms with Crippen LogP contribution >= 0.6 is 11.3 Å². The van der Waals surface area contributed by atoms with E-state index in [2.05, 4.69) is 16.3 Å². The molecule has 3 heterocycles. The first-order valence-electron chi connectivity index (χ1n) is 8.82. The molecule has 1 aliphatic rings. The van der Waals surface area contributed by atoms with Gasteiger partial charge in [-0.25, -0.2) is 0 Å². The fourth-order valence-electron chi connectivity index (χ4n) is 3.64. The van der Waals surface area contributed by atoms with E-state index in [0.717, 1.165) is 47.5 Å². The number of nitrogens with one attached hydrogen (secondary N) is 1. The lowest BCUT2D eigenvalue weighted by atomic mass is 9.86. The van der Waals surface area contributed by atoms with Gasteiger partial charge in [0.25, 0.3) is 5.91 Å². The van der Waals surface area contributed by atoms with Gasteiger partial charge in [-0.15, -0.1) is 11.3 Å². The molecule has 2 aromatic heterocycles. The first-order valence-corrected chi connectivity index (χ1v) is 9.70. The quantitative estimate of drug-likeness (QED) is 0.739. The fraction of sp³-hybridized carbons (Fsp3) is 0.300. The molecule has 1 saturated heterocycles. The van der Waals surface area contributed by atoms with E-state index < -0.39 is 0 Å². The van der Waals surface area contributed by atoms with Gasteiger partial charge in [-0.3, -0.25) is 9.89 Å². The second-order valence-corrected chi connectivity index (χ2v) is 7.52. The van der Waals surface area contributed by atoms with Crippen molar-refractivity contribution in [1.29, 1.82) is 0 Å². The number of aliphatic hydroxyl groups excluding tert-OH is 1. The van der Waals surface area contributed by atoms with Crippen molar-refractivity contribution in [3.63, 3.8) is 0 Å². The average Bonchev–Trinajstić information content (AvgIpc) is 3.39. The molecule has 1 aliphatic heterocycles. The highest BCUT2D eigenvalue weighted by atomic mass is 32.1.